The van der Waals surface area contributed by atoms with Crippen molar-refractivity contribution in [2.45, 2.75) is 6.10 Å². The minimum absolute atomic E-state index is 0.0641. The smallest absolute Gasteiger partial charge is 0.351 e. The molecular weight excluding hydrogens is 372 g/mol. The van der Waals surface area contributed by atoms with Crippen LogP contribution in [0.3, 0.4) is 0 Å². The second-order valence-corrected chi connectivity index (χ2v) is 6.96. The Kier molecular flexibility index (Phi) is 4.44. The van der Waals surface area contributed by atoms with Crippen LogP contribution in [0, 0.1) is 0 Å². The molecule has 7 heteroatoms. The fraction of sp³-hybridized carbons (Fsp3) is 0.200. The highest BCUT2D eigenvalue weighted by atomic mass is 79.9. The first-order valence-electron chi connectivity index (χ1n) is 6.47. The van der Waals surface area contributed by atoms with Gasteiger partial charge in [0.25, 0.3) is 0 Å². The summed E-state index contributed by atoms with van der Waals surface area (Å²) in [7, 11) is 0. The van der Waals surface area contributed by atoms with Gasteiger partial charge in [0.05, 0.1) is 8.66 Å². The van der Waals surface area contributed by atoms with E-state index in [-0.39, 0.29) is 19.0 Å². The van der Waals surface area contributed by atoms with Crippen LogP contribution in [0.2, 0.25) is 0 Å². The number of hydrogen-bond donors (Lipinski definition) is 0. The van der Waals surface area contributed by atoms with Gasteiger partial charge in [-0.15, -0.1) is 11.3 Å². The van der Waals surface area contributed by atoms with Crippen molar-refractivity contribution >= 4 is 39.0 Å². The number of halogens is 1. The fourth-order valence-electron chi connectivity index (χ4n) is 1.90. The van der Waals surface area contributed by atoms with E-state index >= 15 is 0 Å². The number of esters is 1. The highest BCUT2D eigenvalue weighted by molar-refractivity contribution is 9.11. The van der Waals surface area contributed by atoms with E-state index in [0.29, 0.717) is 16.4 Å². The second kappa shape index (κ2) is 6.50. The van der Waals surface area contributed by atoms with Gasteiger partial charge >= 0.3 is 5.97 Å². The fourth-order valence-corrected chi connectivity index (χ4v) is 3.21. The third kappa shape index (κ3) is 3.31. The summed E-state index contributed by atoms with van der Waals surface area (Å²) in [5.74, 6) is 0.218. The summed E-state index contributed by atoms with van der Waals surface area (Å²) in [5.41, 5.74) is 0. The maximum absolute atomic E-state index is 12.0. The molecule has 0 radical (unpaired) electrons. The van der Waals surface area contributed by atoms with Gasteiger partial charge in [0, 0.05) is 0 Å². The summed E-state index contributed by atoms with van der Waals surface area (Å²) in [4.78, 5) is 24.4. The molecule has 0 fully saturated rings. The number of Topliss-reactive ketones (excluding diaryl/α,β-unsaturated/α-hetero) is 1. The van der Waals surface area contributed by atoms with Crippen LogP contribution in [-0.4, -0.2) is 31.1 Å². The number of carbonyl (C=O) groups is 2. The molecule has 0 saturated carbocycles. The normalized spacial score (nSPS) is 16.1. The Balaban J connectivity index is 1.56. The van der Waals surface area contributed by atoms with Gasteiger partial charge in [0.15, 0.2) is 18.1 Å². The molecule has 0 saturated heterocycles. The average molecular weight is 383 g/mol. The van der Waals surface area contributed by atoms with E-state index in [4.69, 9.17) is 14.2 Å². The van der Waals surface area contributed by atoms with Crippen LogP contribution in [0.15, 0.2) is 40.2 Å². The summed E-state index contributed by atoms with van der Waals surface area (Å²) in [6.45, 7) is -0.248. The minimum atomic E-state index is -0.863. The van der Waals surface area contributed by atoms with Crippen molar-refractivity contribution in [3.8, 4) is 11.5 Å². The summed E-state index contributed by atoms with van der Waals surface area (Å²) in [6, 6.07) is 10.5. The lowest BCUT2D eigenvalue weighted by atomic mass is 10.2. The lowest BCUT2D eigenvalue weighted by Gasteiger charge is -2.24. The molecule has 3 rings (SSSR count). The predicted molar refractivity (Wildman–Crippen MR) is 83.7 cm³/mol. The first kappa shape index (κ1) is 15.1. The second-order valence-electron chi connectivity index (χ2n) is 4.50. The molecule has 0 bridgehead atoms. The Bertz CT molecular complexity index is 711. The van der Waals surface area contributed by atoms with Crippen molar-refractivity contribution in [3.05, 3.63) is 45.1 Å². The Morgan fingerprint density at radius 2 is 2.00 bits per heavy atom. The molecule has 1 aliphatic heterocycles. The Morgan fingerprint density at radius 3 is 2.73 bits per heavy atom. The molecule has 1 aromatic heterocycles. The van der Waals surface area contributed by atoms with Gasteiger partial charge in [-0.1, -0.05) is 12.1 Å². The van der Waals surface area contributed by atoms with E-state index in [0.717, 1.165) is 3.79 Å². The van der Waals surface area contributed by atoms with Crippen molar-refractivity contribution in [3.63, 3.8) is 0 Å². The quantitative estimate of drug-likeness (QED) is 0.600. The summed E-state index contributed by atoms with van der Waals surface area (Å²) in [5, 5.41) is 0. The van der Waals surface area contributed by atoms with Crippen molar-refractivity contribution in [1.29, 1.82) is 0 Å². The van der Waals surface area contributed by atoms with Gasteiger partial charge < -0.3 is 14.2 Å². The van der Waals surface area contributed by atoms with Crippen LogP contribution in [0.25, 0.3) is 0 Å². The lowest BCUT2D eigenvalue weighted by molar-refractivity contribution is -0.153. The number of ether oxygens (including phenoxy) is 3. The van der Waals surface area contributed by atoms with E-state index in [1.54, 1.807) is 30.3 Å². The maximum Gasteiger partial charge on any atom is 0.351 e. The van der Waals surface area contributed by atoms with Crippen LogP contribution >= 0.6 is 27.3 Å². The van der Waals surface area contributed by atoms with Crippen LogP contribution in [0.5, 0.6) is 11.5 Å². The van der Waals surface area contributed by atoms with Gasteiger partial charge in [0.2, 0.25) is 11.9 Å². The molecule has 1 aliphatic rings. The number of ketones is 1. The molecule has 1 atom stereocenters. The minimum Gasteiger partial charge on any atom is -0.485 e. The van der Waals surface area contributed by atoms with Crippen LogP contribution in [0.4, 0.5) is 0 Å². The number of hydrogen-bond acceptors (Lipinski definition) is 6. The van der Waals surface area contributed by atoms with E-state index in [9.17, 15) is 9.59 Å². The zero-order chi connectivity index (χ0) is 15.5. The van der Waals surface area contributed by atoms with Crippen LogP contribution in [0.1, 0.15) is 9.67 Å². The predicted octanol–water partition coefficient (Wildman–Crippen LogP) is 3.08. The first-order valence-corrected chi connectivity index (χ1v) is 8.08. The maximum atomic E-state index is 12.0. The Hall–Kier alpha value is -1.86. The Labute approximate surface area is 138 Å². The molecule has 0 amide bonds. The zero-order valence-electron chi connectivity index (χ0n) is 11.3. The summed E-state index contributed by atoms with van der Waals surface area (Å²) < 4.78 is 16.8. The molecule has 2 aromatic rings. The van der Waals surface area contributed by atoms with Crippen molar-refractivity contribution in [2.75, 3.05) is 13.2 Å². The van der Waals surface area contributed by atoms with Crippen molar-refractivity contribution < 1.29 is 23.8 Å². The van der Waals surface area contributed by atoms with E-state index in [1.165, 1.54) is 11.3 Å². The molecule has 0 N–H and O–H groups in total. The van der Waals surface area contributed by atoms with Crippen molar-refractivity contribution in [2.24, 2.45) is 0 Å². The molecule has 1 aromatic carbocycles. The number of carbonyl (C=O) groups excluding carboxylic acids is 2. The summed E-state index contributed by atoms with van der Waals surface area (Å²) in [6.07, 6.45) is -0.863. The third-order valence-electron chi connectivity index (χ3n) is 2.97. The molecular formula is C15H11BrO5S. The number of thiophene rings is 1. The van der Waals surface area contributed by atoms with Gasteiger partial charge in [-0.25, -0.2) is 4.79 Å². The van der Waals surface area contributed by atoms with Gasteiger partial charge in [0.1, 0.15) is 6.61 Å². The van der Waals surface area contributed by atoms with E-state index in [1.807, 2.05) is 6.07 Å². The summed E-state index contributed by atoms with van der Waals surface area (Å²) >= 11 is 4.57. The SMILES string of the molecule is O=C(COC(=O)[C@H]1COc2ccccc2O1)c1ccc(Br)s1. The topological polar surface area (TPSA) is 61.8 Å². The monoisotopic (exact) mass is 382 g/mol. The molecule has 2 heterocycles. The van der Waals surface area contributed by atoms with Gasteiger partial charge in [-0.3, -0.25) is 4.79 Å². The number of rotatable bonds is 4. The molecule has 0 unspecified atom stereocenters. The zero-order valence-corrected chi connectivity index (χ0v) is 13.7. The molecule has 22 heavy (non-hydrogen) atoms. The van der Waals surface area contributed by atoms with Crippen LogP contribution in [-0.2, 0) is 9.53 Å². The van der Waals surface area contributed by atoms with Crippen LogP contribution < -0.4 is 9.47 Å². The largest absolute Gasteiger partial charge is 0.485 e. The third-order valence-corrected chi connectivity index (χ3v) is 4.63. The molecule has 114 valence electrons. The number of para-hydroxylation sites is 2. The van der Waals surface area contributed by atoms with E-state index in [2.05, 4.69) is 15.9 Å². The molecule has 0 spiro atoms. The lowest BCUT2D eigenvalue weighted by Crippen LogP contribution is -2.38. The first-order chi connectivity index (χ1) is 10.6. The van der Waals surface area contributed by atoms with Gasteiger partial charge in [-0.2, -0.15) is 0 Å². The Morgan fingerprint density at radius 1 is 1.23 bits per heavy atom. The average Bonchev–Trinajstić information content (AvgIpc) is 2.98. The molecule has 0 aliphatic carbocycles. The standard InChI is InChI=1S/C15H11BrO5S/c16-14-6-5-13(22-14)9(17)7-20-15(18)12-8-19-10-3-1-2-4-11(10)21-12/h1-6,12H,7-8H2/t12-/m1/s1. The number of benzene rings is 1. The van der Waals surface area contributed by atoms with E-state index < -0.39 is 12.1 Å². The number of fused-ring (bicyclic) bond motifs is 1. The highest BCUT2D eigenvalue weighted by Crippen LogP contribution is 2.31. The van der Waals surface area contributed by atoms with Gasteiger partial charge in [-0.05, 0) is 40.2 Å². The highest BCUT2D eigenvalue weighted by Gasteiger charge is 2.29. The van der Waals surface area contributed by atoms with Crippen molar-refractivity contribution in [1.82, 2.24) is 0 Å². The molecule has 5 nitrogen and oxygen atoms in total.